The van der Waals surface area contributed by atoms with E-state index >= 15 is 0 Å². The number of likely N-dealkylation sites (tertiary alicyclic amines) is 1. The number of nitrogens with one attached hydrogen (secondary N) is 2. The third-order valence-corrected chi connectivity index (χ3v) is 4.68. The number of aliphatic hydroxyl groups is 1. The molecule has 1 aliphatic heterocycles. The van der Waals surface area contributed by atoms with E-state index in [1.54, 1.807) is 0 Å². The van der Waals surface area contributed by atoms with E-state index < -0.39 is 5.60 Å². The Kier molecular flexibility index (Phi) is 5.66. The fraction of sp³-hybridized carbons (Fsp3) is 0.933. The second-order valence-corrected chi connectivity index (χ2v) is 6.57. The molecular weight excluding hydrogens is 254 g/mol. The maximum Gasteiger partial charge on any atom is 0.314 e. The Balaban J connectivity index is 1.47. The Hall–Kier alpha value is -0.810. The molecule has 0 spiro atoms. The minimum absolute atomic E-state index is 0.155. The first kappa shape index (κ1) is 15.6. The van der Waals surface area contributed by atoms with Gasteiger partial charge in [0.15, 0.2) is 0 Å². The highest BCUT2D eigenvalue weighted by molar-refractivity contribution is 5.73. The van der Waals surface area contributed by atoms with Crippen molar-refractivity contribution in [3.8, 4) is 0 Å². The van der Waals surface area contributed by atoms with Crippen molar-refractivity contribution in [2.24, 2.45) is 5.92 Å². The van der Waals surface area contributed by atoms with E-state index in [1.165, 1.54) is 25.9 Å². The average molecular weight is 283 g/mol. The molecule has 0 unspecified atom stereocenters. The van der Waals surface area contributed by atoms with Crippen LogP contribution in [0.4, 0.5) is 4.79 Å². The quantitative estimate of drug-likeness (QED) is 0.644. The summed E-state index contributed by atoms with van der Waals surface area (Å²) >= 11 is 0. The summed E-state index contributed by atoms with van der Waals surface area (Å²) in [5.74, 6) is 0.868. The number of carbonyl (C=O) groups is 1. The lowest BCUT2D eigenvalue weighted by Gasteiger charge is -2.36. The Morgan fingerprint density at radius 2 is 2.00 bits per heavy atom. The molecule has 0 aromatic carbocycles. The second kappa shape index (κ2) is 7.27. The van der Waals surface area contributed by atoms with Gasteiger partial charge in [-0.25, -0.2) is 4.79 Å². The Morgan fingerprint density at radius 1 is 1.30 bits per heavy atom. The standard InChI is InChI=1S/C15H29N3O2/c1-13-4-10-18(11-5-13)9-3-8-16-14(19)17-12-15(20)6-2-7-15/h13,20H,2-12H2,1H3,(H2,16,17,19). The summed E-state index contributed by atoms with van der Waals surface area (Å²) in [4.78, 5) is 14.1. The smallest absolute Gasteiger partial charge is 0.314 e. The SMILES string of the molecule is CC1CCN(CCCNC(=O)NCC2(O)CCC2)CC1. The lowest BCUT2D eigenvalue weighted by atomic mass is 9.80. The highest BCUT2D eigenvalue weighted by Crippen LogP contribution is 2.30. The van der Waals surface area contributed by atoms with Gasteiger partial charge < -0.3 is 20.6 Å². The van der Waals surface area contributed by atoms with Crippen LogP contribution in [-0.2, 0) is 0 Å². The van der Waals surface area contributed by atoms with E-state index in [9.17, 15) is 9.90 Å². The van der Waals surface area contributed by atoms with Crippen molar-refractivity contribution in [2.75, 3.05) is 32.7 Å². The molecule has 1 saturated heterocycles. The molecule has 0 aromatic rings. The first-order chi connectivity index (χ1) is 9.57. The van der Waals surface area contributed by atoms with Crippen molar-refractivity contribution in [1.29, 1.82) is 0 Å². The zero-order valence-corrected chi connectivity index (χ0v) is 12.7. The van der Waals surface area contributed by atoms with Crippen LogP contribution in [0.2, 0.25) is 0 Å². The molecule has 1 heterocycles. The Morgan fingerprint density at radius 3 is 2.60 bits per heavy atom. The van der Waals surface area contributed by atoms with Gasteiger partial charge in [0.25, 0.3) is 0 Å². The van der Waals surface area contributed by atoms with Gasteiger partial charge in [-0.2, -0.15) is 0 Å². The first-order valence-electron chi connectivity index (χ1n) is 8.04. The van der Waals surface area contributed by atoms with Crippen LogP contribution in [0.3, 0.4) is 0 Å². The molecule has 5 nitrogen and oxygen atoms in total. The topological polar surface area (TPSA) is 64.6 Å². The number of nitrogens with zero attached hydrogens (tertiary/aromatic N) is 1. The number of piperidine rings is 1. The first-order valence-corrected chi connectivity index (χ1v) is 8.04. The molecule has 0 bridgehead atoms. The fourth-order valence-corrected chi connectivity index (χ4v) is 2.86. The highest BCUT2D eigenvalue weighted by Gasteiger charge is 2.34. The maximum atomic E-state index is 11.6. The monoisotopic (exact) mass is 283 g/mol. The van der Waals surface area contributed by atoms with Crippen molar-refractivity contribution in [3.63, 3.8) is 0 Å². The summed E-state index contributed by atoms with van der Waals surface area (Å²) < 4.78 is 0. The van der Waals surface area contributed by atoms with E-state index in [0.717, 1.165) is 38.1 Å². The van der Waals surface area contributed by atoms with Crippen LogP contribution in [0.15, 0.2) is 0 Å². The second-order valence-electron chi connectivity index (χ2n) is 6.57. The van der Waals surface area contributed by atoms with E-state index in [2.05, 4.69) is 22.5 Å². The summed E-state index contributed by atoms with van der Waals surface area (Å²) in [6.07, 6.45) is 6.26. The molecule has 1 saturated carbocycles. The van der Waals surface area contributed by atoms with Crippen molar-refractivity contribution < 1.29 is 9.90 Å². The number of carbonyl (C=O) groups excluding carboxylic acids is 1. The lowest BCUT2D eigenvalue weighted by Crippen LogP contribution is -2.50. The molecule has 20 heavy (non-hydrogen) atoms. The van der Waals surface area contributed by atoms with Gasteiger partial charge in [-0.05, 0) is 64.1 Å². The number of urea groups is 1. The molecule has 0 aromatic heterocycles. The molecule has 2 fully saturated rings. The van der Waals surface area contributed by atoms with Gasteiger partial charge in [-0.15, -0.1) is 0 Å². The predicted octanol–water partition coefficient (Wildman–Crippen LogP) is 1.32. The van der Waals surface area contributed by atoms with Gasteiger partial charge in [-0.3, -0.25) is 0 Å². The molecule has 2 aliphatic rings. The van der Waals surface area contributed by atoms with Crippen LogP contribution in [0, 0.1) is 5.92 Å². The van der Waals surface area contributed by atoms with E-state index in [-0.39, 0.29) is 6.03 Å². The minimum Gasteiger partial charge on any atom is -0.388 e. The number of rotatable bonds is 6. The molecule has 3 N–H and O–H groups in total. The molecule has 2 amide bonds. The average Bonchev–Trinajstić information content (AvgIpc) is 2.41. The third-order valence-electron chi connectivity index (χ3n) is 4.68. The number of amides is 2. The Bertz CT molecular complexity index is 310. The summed E-state index contributed by atoms with van der Waals surface area (Å²) in [6.45, 7) is 6.86. The molecule has 1 aliphatic carbocycles. The van der Waals surface area contributed by atoms with Gasteiger partial charge in [0.05, 0.1) is 5.60 Å². The molecule has 116 valence electrons. The maximum absolute atomic E-state index is 11.6. The van der Waals surface area contributed by atoms with Gasteiger partial charge in [-0.1, -0.05) is 6.92 Å². The van der Waals surface area contributed by atoms with Crippen molar-refractivity contribution in [2.45, 2.75) is 51.0 Å². The van der Waals surface area contributed by atoms with Crippen molar-refractivity contribution in [1.82, 2.24) is 15.5 Å². The number of hydrogen-bond acceptors (Lipinski definition) is 3. The zero-order valence-electron chi connectivity index (χ0n) is 12.7. The fourth-order valence-electron chi connectivity index (χ4n) is 2.86. The summed E-state index contributed by atoms with van der Waals surface area (Å²) in [7, 11) is 0. The van der Waals surface area contributed by atoms with Gasteiger partial charge >= 0.3 is 6.03 Å². The lowest BCUT2D eigenvalue weighted by molar-refractivity contribution is -0.0290. The summed E-state index contributed by atoms with van der Waals surface area (Å²) in [6, 6.07) is -0.155. The van der Waals surface area contributed by atoms with Crippen LogP contribution < -0.4 is 10.6 Å². The van der Waals surface area contributed by atoms with Gasteiger partial charge in [0.1, 0.15) is 0 Å². The van der Waals surface area contributed by atoms with Crippen LogP contribution in [0.1, 0.15) is 45.4 Å². The van der Waals surface area contributed by atoms with E-state index in [0.29, 0.717) is 13.1 Å². The van der Waals surface area contributed by atoms with E-state index in [4.69, 9.17) is 0 Å². The van der Waals surface area contributed by atoms with Crippen LogP contribution in [0.5, 0.6) is 0 Å². The molecular formula is C15H29N3O2. The van der Waals surface area contributed by atoms with Gasteiger partial charge in [0.2, 0.25) is 0 Å². The molecule has 5 heteroatoms. The van der Waals surface area contributed by atoms with Crippen molar-refractivity contribution in [3.05, 3.63) is 0 Å². The predicted molar refractivity (Wildman–Crippen MR) is 79.7 cm³/mol. The third kappa shape index (κ3) is 4.94. The van der Waals surface area contributed by atoms with Gasteiger partial charge in [0, 0.05) is 13.1 Å². The molecule has 2 rings (SSSR count). The van der Waals surface area contributed by atoms with Crippen LogP contribution in [0.25, 0.3) is 0 Å². The zero-order chi connectivity index (χ0) is 14.4. The molecule has 0 radical (unpaired) electrons. The number of hydrogen-bond donors (Lipinski definition) is 3. The minimum atomic E-state index is -0.637. The van der Waals surface area contributed by atoms with E-state index in [1.807, 2.05) is 0 Å². The van der Waals surface area contributed by atoms with Crippen molar-refractivity contribution >= 4 is 6.03 Å². The summed E-state index contributed by atoms with van der Waals surface area (Å²) in [5, 5.41) is 15.5. The normalized spacial score (nSPS) is 23.1. The largest absolute Gasteiger partial charge is 0.388 e. The van der Waals surface area contributed by atoms with Crippen LogP contribution in [-0.4, -0.2) is 54.4 Å². The molecule has 0 atom stereocenters. The Labute approximate surface area is 122 Å². The summed E-state index contributed by atoms with van der Waals surface area (Å²) in [5.41, 5.74) is -0.637. The van der Waals surface area contributed by atoms with Crippen LogP contribution >= 0.6 is 0 Å². The highest BCUT2D eigenvalue weighted by atomic mass is 16.3.